The van der Waals surface area contributed by atoms with Crippen LogP contribution in [-0.2, 0) is 29.5 Å². The maximum absolute atomic E-state index is 13.8. The lowest BCUT2D eigenvalue weighted by Crippen LogP contribution is -2.45. The minimum Gasteiger partial charge on any atom is -0.494 e. The van der Waals surface area contributed by atoms with E-state index in [9.17, 15) is 18.0 Å². The molecule has 0 fully saturated rings. The molecule has 0 aliphatic rings. The van der Waals surface area contributed by atoms with Crippen molar-refractivity contribution in [1.29, 1.82) is 0 Å². The molecule has 0 heterocycles. The topological polar surface area (TPSA) is 61.8 Å². The van der Waals surface area contributed by atoms with E-state index in [1.807, 2.05) is 84.9 Å². The first kappa shape index (κ1) is 34.0. The Labute approximate surface area is 267 Å². The smallest absolute Gasteiger partial charge is 0.417 e. The van der Waals surface area contributed by atoms with Gasteiger partial charge in [-0.05, 0) is 73.7 Å². The minimum absolute atomic E-state index is 0.181. The standard InChI is InChI=1S/C36H38ClF3N2O3/c1-26(34(43)44)41-21-20-27-12-9-18-31(24-27)45-23-11-22-42(25-28-13-10-19-32(33(28)37)36(38,39)40)35(2,29-14-5-3-6-15-29)30-16-7-4-8-17-30/h3-10,12-19,24,26,41H,11,20-23,25H2,1-2H3,(H,43,44). The number of carbonyl (C=O) groups is 1. The first-order valence-electron chi connectivity index (χ1n) is 14.9. The maximum atomic E-state index is 13.8. The highest BCUT2D eigenvalue weighted by Gasteiger charge is 2.37. The summed E-state index contributed by atoms with van der Waals surface area (Å²) in [5, 5.41) is 11.7. The predicted octanol–water partition coefficient (Wildman–Crippen LogP) is 8.20. The van der Waals surface area contributed by atoms with Gasteiger partial charge in [0.25, 0.3) is 0 Å². The zero-order valence-corrected chi connectivity index (χ0v) is 26.1. The Balaban J connectivity index is 1.56. The Kier molecular flexibility index (Phi) is 11.7. The van der Waals surface area contributed by atoms with Crippen LogP contribution in [0.1, 0.15) is 48.1 Å². The predicted molar refractivity (Wildman–Crippen MR) is 172 cm³/mol. The van der Waals surface area contributed by atoms with Gasteiger partial charge in [-0.15, -0.1) is 0 Å². The van der Waals surface area contributed by atoms with Crippen LogP contribution in [0.2, 0.25) is 5.02 Å². The summed E-state index contributed by atoms with van der Waals surface area (Å²) in [5.41, 5.74) is 1.86. The van der Waals surface area contributed by atoms with Crippen LogP contribution < -0.4 is 10.1 Å². The van der Waals surface area contributed by atoms with Crippen molar-refractivity contribution in [2.45, 2.75) is 51.0 Å². The number of benzene rings is 4. The molecule has 9 heteroatoms. The third-order valence-corrected chi connectivity index (χ3v) is 8.47. The molecular formula is C36H38ClF3N2O3. The van der Waals surface area contributed by atoms with Gasteiger partial charge in [0.1, 0.15) is 11.8 Å². The fourth-order valence-corrected chi connectivity index (χ4v) is 5.69. The van der Waals surface area contributed by atoms with Crippen molar-refractivity contribution in [1.82, 2.24) is 10.2 Å². The molecule has 4 rings (SSSR count). The molecule has 45 heavy (non-hydrogen) atoms. The SMILES string of the molecule is CC(NCCc1cccc(OCCCN(Cc2cccc(C(F)(F)F)c2Cl)C(C)(c2ccccc2)c2ccccc2)c1)C(=O)O. The highest BCUT2D eigenvalue weighted by atomic mass is 35.5. The number of hydrogen-bond acceptors (Lipinski definition) is 4. The molecule has 1 unspecified atom stereocenters. The molecule has 0 aliphatic heterocycles. The molecule has 5 nitrogen and oxygen atoms in total. The minimum atomic E-state index is -4.56. The molecule has 0 saturated carbocycles. The quantitative estimate of drug-likeness (QED) is 0.129. The van der Waals surface area contributed by atoms with Gasteiger partial charge in [-0.3, -0.25) is 9.69 Å². The molecule has 0 bridgehead atoms. The van der Waals surface area contributed by atoms with Gasteiger partial charge >= 0.3 is 12.1 Å². The zero-order chi connectivity index (χ0) is 32.5. The number of carboxylic acids is 1. The van der Waals surface area contributed by atoms with Crippen LogP contribution >= 0.6 is 11.6 Å². The molecule has 1 atom stereocenters. The average Bonchev–Trinajstić information content (AvgIpc) is 3.03. The summed E-state index contributed by atoms with van der Waals surface area (Å²) >= 11 is 6.40. The number of halogens is 4. The summed E-state index contributed by atoms with van der Waals surface area (Å²) < 4.78 is 47.4. The molecule has 238 valence electrons. The van der Waals surface area contributed by atoms with E-state index in [0.717, 1.165) is 22.8 Å². The van der Waals surface area contributed by atoms with Gasteiger partial charge in [-0.2, -0.15) is 13.2 Å². The number of alkyl halides is 3. The van der Waals surface area contributed by atoms with Crippen LogP contribution in [0, 0.1) is 0 Å². The van der Waals surface area contributed by atoms with Gasteiger partial charge in [0, 0.05) is 13.1 Å². The summed E-state index contributed by atoms with van der Waals surface area (Å²) in [6.45, 7) is 5.27. The number of nitrogens with zero attached hydrogens (tertiary/aromatic N) is 1. The summed E-state index contributed by atoms with van der Waals surface area (Å²) in [5.74, 6) is -0.202. The van der Waals surface area contributed by atoms with E-state index in [0.29, 0.717) is 43.9 Å². The fourth-order valence-electron chi connectivity index (χ4n) is 5.40. The van der Waals surface area contributed by atoms with Gasteiger partial charge < -0.3 is 15.2 Å². The van der Waals surface area contributed by atoms with Gasteiger partial charge in [-0.1, -0.05) is 96.5 Å². The summed E-state index contributed by atoms with van der Waals surface area (Å²) in [7, 11) is 0. The zero-order valence-electron chi connectivity index (χ0n) is 25.4. The molecule has 0 amide bonds. The number of rotatable bonds is 15. The Morgan fingerprint density at radius 1 is 0.933 bits per heavy atom. The summed E-state index contributed by atoms with van der Waals surface area (Å²) in [4.78, 5) is 13.2. The Morgan fingerprint density at radius 3 is 2.16 bits per heavy atom. The number of aliphatic carboxylic acids is 1. The van der Waals surface area contributed by atoms with E-state index in [2.05, 4.69) is 17.1 Å². The van der Waals surface area contributed by atoms with Crippen molar-refractivity contribution in [3.63, 3.8) is 0 Å². The van der Waals surface area contributed by atoms with E-state index in [-0.39, 0.29) is 11.6 Å². The number of carboxylic acid groups (broad SMARTS) is 1. The number of ether oxygens (including phenoxy) is 1. The van der Waals surface area contributed by atoms with Crippen LogP contribution in [0.4, 0.5) is 13.2 Å². The van der Waals surface area contributed by atoms with Crippen LogP contribution in [0.3, 0.4) is 0 Å². The van der Waals surface area contributed by atoms with Crippen LogP contribution in [0.5, 0.6) is 5.75 Å². The van der Waals surface area contributed by atoms with E-state index >= 15 is 0 Å². The van der Waals surface area contributed by atoms with E-state index < -0.39 is 29.3 Å². The Hall–Kier alpha value is -3.85. The van der Waals surface area contributed by atoms with E-state index in [1.165, 1.54) is 6.07 Å². The fraction of sp³-hybridized carbons (Fsp3) is 0.306. The van der Waals surface area contributed by atoms with Crippen molar-refractivity contribution in [3.05, 3.63) is 136 Å². The van der Waals surface area contributed by atoms with Crippen molar-refractivity contribution < 1.29 is 27.8 Å². The highest BCUT2D eigenvalue weighted by molar-refractivity contribution is 6.32. The van der Waals surface area contributed by atoms with Gasteiger partial charge in [0.2, 0.25) is 0 Å². The molecule has 0 aromatic heterocycles. The van der Waals surface area contributed by atoms with Crippen LogP contribution in [0.25, 0.3) is 0 Å². The van der Waals surface area contributed by atoms with Crippen LogP contribution in [0.15, 0.2) is 103 Å². The maximum Gasteiger partial charge on any atom is 0.417 e. The number of nitrogens with one attached hydrogen (secondary N) is 1. The molecule has 2 N–H and O–H groups in total. The van der Waals surface area contributed by atoms with Gasteiger partial charge in [-0.25, -0.2) is 0 Å². The van der Waals surface area contributed by atoms with Crippen molar-refractivity contribution in [2.75, 3.05) is 19.7 Å². The molecule has 0 radical (unpaired) electrons. The lowest BCUT2D eigenvalue weighted by Gasteiger charge is -2.43. The molecule has 4 aromatic carbocycles. The van der Waals surface area contributed by atoms with Crippen molar-refractivity contribution in [2.24, 2.45) is 0 Å². The molecule has 0 saturated heterocycles. The normalized spacial score (nSPS) is 12.7. The third kappa shape index (κ3) is 8.87. The third-order valence-electron chi connectivity index (χ3n) is 8.02. The monoisotopic (exact) mass is 638 g/mol. The lowest BCUT2D eigenvalue weighted by atomic mass is 9.82. The highest BCUT2D eigenvalue weighted by Crippen LogP contribution is 2.40. The molecule has 0 spiro atoms. The second-order valence-corrected chi connectivity index (χ2v) is 11.5. The Morgan fingerprint density at radius 2 is 1.56 bits per heavy atom. The second kappa shape index (κ2) is 15.4. The molecular weight excluding hydrogens is 601 g/mol. The first-order valence-corrected chi connectivity index (χ1v) is 15.3. The summed E-state index contributed by atoms with van der Waals surface area (Å²) in [6, 6.07) is 30.9. The van der Waals surface area contributed by atoms with Crippen LogP contribution in [-0.4, -0.2) is 41.7 Å². The second-order valence-electron chi connectivity index (χ2n) is 11.1. The van der Waals surface area contributed by atoms with Gasteiger partial charge in [0.15, 0.2) is 0 Å². The van der Waals surface area contributed by atoms with Crippen molar-refractivity contribution >= 4 is 17.6 Å². The van der Waals surface area contributed by atoms with Crippen molar-refractivity contribution in [3.8, 4) is 5.75 Å². The van der Waals surface area contributed by atoms with E-state index in [4.69, 9.17) is 21.4 Å². The lowest BCUT2D eigenvalue weighted by molar-refractivity contribution is -0.139. The Bertz CT molecular complexity index is 1490. The van der Waals surface area contributed by atoms with Gasteiger partial charge in [0.05, 0.1) is 22.7 Å². The first-order chi connectivity index (χ1) is 21.5. The summed E-state index contributed by atoms with van der Waals surface area (Å²) in [6.07, 6.45) is -3.33. The van der Waals surface area contributed by atoms with E-state index in [1.54, 1.807) is 13.0 Å². The largest absolute Gasteiger partial charge is 0.494 e. The molecule has 4 aromatic rings. The molecule has 0 aliphatic carbocycles. The average molecular weight is 639 g/mol. The number of hydrogen-bond donors (Lipinski definition) is 2.